The molecule has 0 aromatic heterocycles. The third-order valence-corrected chi connectivity index (χ3v) is 9.65. The molecule has 2 aromatic carbocycles. The Hall–Kier alpha value is -0.781. The molecule has 98 valence electrons. The van der Waals surface area contributed by atoms with E-state index in [0.29, 0.717) is 29.9 Å². The Balaban J connectivity index is 2.45. The summed E-state index contributed by atoms with van der Waals surface area (Å²) in [4.78, 5) is 0. The summed E-state index contributed by atoms with van der Waals surface area (Å²) < 4.78 is 0.774. The van der Waals surface area contributed by atoms with E-state index in [2.05, 4.69) is 78.4 Å². The van der Waals surface area contributed by atoms with Gasteiger partial charge in [-0.2, -0.15) is 0 Å². The van der Waals surface area contributed by atoms with Crippen molar-refractivity contribution in [3.05, 3.63) is 77.9 Å². The van der Waals surface area contributed by atoms with Gasteiger partial charge >= 0.3 is 129 Å². The zero-order chi connectivity index (χ0) is 13.5. The SMILES string of the molecule is C[Se]C(C=C(c1ccccc1)c1ccccc1)[Se]C. The average Bonchev–Trinajstić information content (AvgIpc) is 2.50. The quantitative estimate of drug-likeness (QED) is 0.676. The van der Waals surface area contributed by atoms with Gasteiger partial charge in [0.05, 0.1) is 0 Å². The van der Waals surface area contributed by atoms with Crippen LogP contribution in [0.4, 0.5) is 0 Å². The average molecular weight is 380 g/mol. The molecule has 0 saturated heterocycles. The van der Waals surface area contributed by atoms with Crippen molar-refractivity contribution >= 4 is 35.5 Å². The number of hydrogen-bond donors (Lipinski definition) is 0. The van der Waals surface area contributed by atoms with Crippen LogP contribution in [-0.4, -0.2) is 29.9 Å². The fourth-order valence-corrected chi connectivity index (χ4v) is 5.61. The first kappa shape index (κ1) is 14.6. The maximum absolute atomic E-state index is 2.49. The van der Waals surface area contributed by atoms with Crippen molar-refractivity contribution in [2.45, 2.75) is 15.4 Å². The minimum atomic E-state index is 0.684. The van der Waals surface area contributed by atoms with Gasteiger partial charge in [-0.15, -0.1) is 0 Å². The number of allylic oxidation sites excluding steroid dienone is 1. The summed E-state index contributed by atoms with van der Waals surface area (Å²) in [6, 6.07) is 21.5. The van der Waals surface area contributed by atoms with E-state index in [1.165, 1.54) is 16.7 Å². The Bertz CT molecular complexity index is 472. The molecule has 0 amide bonds. The third kappa shape index (κ3) is 4.09. The fraction of sp³-hybridized carbons (Fsp3) is 0.176. The summed E-state index contributed by atoms with van der Waals surface area (Å²) in [6.07, 6.45) is 2.49. The van der Waals surface area contributed by atoms with Crippen molar-refractivity contribution in [3.8, 4) is 0 Å². The van der Waals surface area contributed by atoms with Crippen LogP contribution in [0.5, 0.6) is 0 Å². The van der Waals surface area contributed by atoms with Gasteiger partial charge in [0.25, 0.3) is 0 Å². The topological polar surface area (TPSA) is 0 Å². The van der Waals surface area contributed by atoms with Crippen LogP contribution in [0.1, 0.15) is 11.1 Å². The van der Waals surface area contributed by atoms with Crippen LogP contribution < -0.4 is 0 Å². The van der Waals surface area contributed by atoms with E-state index >= 15 is 0 Å². The summed E-state index contributed by atoms with van der Waals surface area (Å²) in [6.45, 7) is 0. The van der Waals surface area contributed by atoms with Gasteiger partial charge in [0.1, 0.15) is 0 Å². The second-order valence-corrected chi connectivity index (χ2v) is 9.77. The Morgan fingerprint density at radius 1 is 0.789 bits per heavy atom. The molecule has 0 fully saturated rings. The van der Waals surface area contributed by atoms with Crippen molar-refractivity contribution in [2.75, 3.05) is 0 Å². The summed E-state index contributed by atoms with van der Waals surface area (Å²) in [5.74, 6) is 4.68. The number of benzene rings is 2. The molecule has 0 aliphatic heterocycles. The van der Waals surface area contributed by atoms with Crippen LogP contribution in [-0.2, 0) is 0 Å². The van der Waals surface area contributed by atoms with Gasteiger partial charge in [-0.25, -0.2) is 0 Å². The Morgan fingerprint density at radius 3 is 1.58 bits per heavy atom. The molecular formula is C17H18Se2. The molecule has 19 heavy (non-hydrogen) atoms. The van der Waals surface area contributed by atoms with Crippen LogP contribution in [0.15, 0.2) is 66.7 Å². The summed E-state index contributed by atoms with van der Waals surface area (Å²) in [5.41, 5.74) is 4.04. The Labute approximate surface area is 128 Å². The van der Waals surface area contributed by atoms with E-state index in [1.807, 2.05) is 0 Å². The summed E-state index contributed by atoms with van der Waals surface area (Å²) in [5, 5.41) is 0. The first-order chi connectivity index (χ1) is 9.35. The molecule has 0 N–H and O–H groups in total. The van der Waals surface area contributed by atoms with Crippen molar-refractivity contribution < 1.29 is 0 Å². The van der Waals surface area contributed by atoms with Gasteiger partial charge < -0.3 is 0 Å². The molecule has 0 spiro atoms. The van der Waals surface area contributed by atoms with Gasteiger partial charge in [-0.1, -0.05) is 0 Å². The van der Waals surface area contributed by atoms with Crippen molar-refractivity contribution in [3.63, 3.8) is 0 Å². The molecule has 0 bridgehead atoms. The molecule has 0 nitrogen and oxygen atoms in total. The minimum absolute atomic E-state index is 0.684. The second-order valence-electron chi connectivity index (χ2n) is 4.15. The van der Waals surface area contributed by atoms with Crippen LogP contribution in [0.3, 0.4) is 0 Å². The molecule has 0 heterocycles. The molecule has 0 radical (unpaired) electrons. The number of hydrogen-bond acceptors (Lipinski definition) is 0. The predicted octanol–water partition coefficient (Wildman–Crippen LogP) is 4.37. The Kier molecular flexibility index (Phi) is 5.94. The predicted molar refractivity (Wildman–Crippen MR) is 86.9 cm³/mol. The zero-order valence-corrected chi connectivity index (χ0v) is 14.7. The Morgan fingerprint density at radius 2 is 1.21 bits per heavy atom. The molecule has 0 unspecified atom stereocenters. The van der Waals surface area contributed by atoms with E-state index < -0.39 is 0 Å². The van der Waals surface area contributed by atoms with Gasteiger partial charge in [0.2, 0.25) is 0 Å². The van der Waals surface area contributed by atoms with E-state index in [1.54, 1.807) is 0 Å². The molecule has 0 aliphatic carbocycles. The van der Waals surface area contributed by atoms with E-state index in [9.17, 15) is 0 Å². The monoisotopic (exact) mass is 382 g/mol. The molecular weight excluding hydrogens is 362 g/mol. The molecule has 0 atom stereocenters. The molecule has 0 aliphatic rings. The maximum atomic E-state index is 2.49. The summed E-state index contributed by atoms with van der Waals surface area (Å²) in [7, 11) is 0. The fourth-order valence-electron chi connectivity index (χ4n) is 1.96. The molecule has 2 aromatic rings. The molecule has 0 saturated carbocycles. The first-order valence-electron chi connectivity index (χ1n) is 6.23. The summed E-state index contributed by atoms with van der Waals surface area (Å²) >= 11 is 1.37. The van der Waals surface area contributed by atoms with E-state index in [0.717, 1.165) is 3.71 Å². The van der Waals surface area contributed by atoms with Crippen molar-refractivity contribution in [1.82, 2.24) is 0 Å². The molecule has 2 heteroatoms. The van der Waals surface area contributed by atoms with Crippen molar-refractivity contribution in [2.24, 2.45) is 0 Å². The normalized spacial score (nSPS) is 10.5. The van der Waals surface area contributed by atoms with Crippen LogP contribution in [0.25, 0.3) is 5.57 Å². The van der Waals surface area contributed by atoms with Crippen molar-refractivity contribution in [1.29, 1.82) is 0 Å². The standard InChI is InChI=1S/C17H18Se2/c1-18-17(19-2)13-16(14-9-5-3-6-10-14)15-11-7-4-8-12-15/h3-13,17H,1-2H3. The zero-order valence-electron chi connectivity index (χ0n) is 11.2. The van der Waals surface area contributed by atoms with Crippen LogP contribution in [0, 0.1) is 0 Å². The third-order valence-electron chi connectivity index (χ3n) is 2.94. The van der Waals surface area contributed by atoms with E-state index in [4.69, 9.17) is 0 Å². The van der Waals surface area contributed by atoms with Gasteiger partial charge in [-0.3, -0.25) is 0 Å². The molecule has 2 rings (SSSR count). The first-order valence-corrected chi connectivity index (χ1v) is 11.6. The number of rotatable bonds is 5. The second kappa shape index (κ2) is 7.72. The van der Waals surface area contributed by atoms with Gasteiger partial charge in [-0.05, 0) is 0 Å². The van der Waals surface area contributed by atoms with Gasteiger partial charge in [0.15, 0.2) is 0 Å². The van der Waals surface area contributed by atoms with Crippen LogP contribution in [0.2, 0.25) is 15.4 Å². The van der Waals surface area contributed by atoms with Gasteiger partial charge in [0, 0.05) is 0 Å². The van der Waals surface area contributed by atoms with Crippen LogP contribution >= 0.6 is 0 Å². The van der Waals surface area contributed by atoms with E-state index in [-0.39, 0.29) is 0 Å².